The second-order valence-corrected chi connectivity index (χ2v) is 7.32. The molecule has 1 amide bonds. The maximum absolute atomic E-state index is 13.0. The number of piperazine rings is 1. The summed E-state index contributed by atoms with van der Waals surface area (Å²) in [6, 6.07) is 5.47. The van der Waals surface area contributed by atoms with Crippen LogP contribution >= 0.6 is 24.0 Å². The average Bonchev–Trinajstić information content (AvgIpc) is 3.55. The van der Waals surface area contributed by atoms with Gasteiger partial charge < -0.3 is 20.4 Å². The summed E-state index contributed by atoms with van der Waals surface area (Å²) >= 11 is 0. The van der Waals surface area contributed by atoms with Crippen LogP contribution in [0.3, 0.4) is 0 Å². The topological polar surface area (TPSA) is 60.0 Å². The summed E-state index contributed by atoms with van der Waals surface area (Å²) in [5.74, 6) is 1.08. The Morgan fingerprint density at radius 3 is 2.47 bits per heavy atom. The van der Waals surface area contributed by atoms with Crippen molar-refractivity contribution in [1.82, 2.24) is 15.5 Å². The van der Waals surface area contributed by atoms with Gasteiger partial charge in [-0.05, 0) is 38.0 Å². The number of hydrogen-bond acceptors (Lipinski definition) is 3. The van der Waals surface area contributed by atoms with E-state index in [0.29, 0.717) is 45.0 Å². The molecule has 0 unspecified atom stereocenters. The Bertz CT molecular complexity index is 731. The smallest absolute Gasteiger partial charge is 0.368 e. The molecular weight excluding hydrogens is 510 g/mol. The Morgan fingerprint density at radius 1 is 1.17 bits per heavy atom. The maximum atomic E-state index is 13.0. The van der Waals surface area contributed by atoms with E-state index < -0.39 is 11.7 Å². The van der Waals surface area contributed by atoms with Crippen LogP contribution in [0.1, 0.15) is 25.3 Å². The van der Waals surface area contributed by atoms with Crippen LogP contribution in [-0.2, 0) is 11.0 Å². The zero-order valence-corrected chi connectivity index (χ0v) is 19.4. The summed E-state index contributed by atoms with van der Waals surface area (Å²) in [4.78, 5) is 20.3. The Morgan fingerprint density at radius 2 is 1.87 bits per heavy atom. The lowest BCUT2D eigenvalue weighted by Crippen LogP contribution is -2.52. The minimum absolute atomic E-state index is 0. The quantitative estimate of drug-likeness (QED) is 0.253. The standard InChI is InChI=1S/C20H28F3N5O.HI/c1-2-24-19(26-9-8-25-18(29)15-6-7-15)28-12-10-27(11-13-28)17-5-3-4-16(14-17)20(21,22)23;/h3-5,14-15H,2,6-13H2,1H3,(H,24,26)(H,25,29);1H. The monoisotopic (exact) mass is 539 g/mol. The number of anilines is 1. The van der Waals surface area contributed by atoms with E-state index in [1.54, 1.807) is 6.07 Å². The van der Waals surface area contributed by atoms with Crippen LogP contribution in [0.25, 0.3) is 0 Å². The van der Waals surface area contributed by atoms with Gasteiger partial charge in [-0.15, -0.1) is 24.0 Å². The fraction of sp³-hybridized carbons (Fsp3) is 0.600. The van der Waals surface area contributed by atoms with Gasteiger partial charge in [0.15, 0.2) is 5.96 Å². The van der Waals surface area contributed by atoms with Gasteiger partial charge >= 0.3 is 6.18 Å². The van der Waals surface area contributed by atoms with Crippen LogP contribution in [0.5, 0.6) is 0 Å². The van der Waals surface area contributed by atoms with Gasteiger partial charge in [-0.2, -0.15) is 13.2 Å². The summed E-state index contributed by atoms with van der Waals surface area (Å²) in [5, 5.41) is 6.15. The lowest BCUT2D eigenvalue weighted by atomic mass is 10.1. The number of alkyl halides is 3. The van der Waals surface area contributed by atoms with Gasteiger partial charge in [0, 0.05) is 50.9 Å². The van der Waals surface area contributed by atoms with Crippen molar-refractivity contribution >= 4 is 41.5 Å². The van der Waals surface area contributed by atoms with Gasteiger partial charge in [0.25, 0.3) is 0 Å². The Kier molecular flexibility index (Phi) is 9.05. The molecule has 30 heavy (non-hydrogen) atoms. The van der Waals surface area contributed by atoms with Crippen molar-refractivity contribution in [3.05, 3.63) is 29.8 Å². The van der Waals surface area contributed by atoms with Crippen LogP contribution in [0.2, 0.25) is 0 Å². The number of carbonyl (C=O) groups excluding carboxylic acids is 1. The van der Waals surface area contributed by atoms with Gasteiger partial charge in [0.2, 0.25) is 5.91 Å². The van der Waals surface area contributed by atoms with E-state index in [1.165, 1.54) is 12.1 Å². The molecule has 1 aromatic rings. The van der Waals surface area contributed by atoms with E-state index in [-0.39, 0.29) is 35.8 Å². The molecule has 0 spiro atoms. The molecule has 10 heteroatoms. The van der Waals surface area contributed by atoms with Crippen molar-refractivity contribution < 1.29 is 18.0 Å². The number of aliphatic imine (C=N–C) groups is 1. The van der Waals surface area contributed by atoms with Crippen LogP contribution in [0.4, 0.5) is 18.9 Å². The number of carbonyl (C=O) groups is 1. The van der Waals surface area contributed by atoms with Crippen molar-refractivity contribution in [2.24, 2.45) is 10.9 Å². The predicted octanol–water partition coefficient (Wildman–Crippen LogP) is 2.94. The number of guanidine groups is 1. The molecule has 3 rings (SSSR count). The summed E-state index contributed by atoms with van der Waals surface area (Å²) < 4.78 is 38.9. The Balaban J connectivity index is 0.00000320. The summed E-state index contributed by atoms with van der Waals surface area (Å²) in [6.45, 7) is 6.27. The van der Waals surface area contributed by atoms with Gasteiger partial charge in [-0.25, -0.2) is 0 Å². The molecular formula is C20H29F3IN5O. The first-order chi connectivity index (χ1) is 13.9. The minimum atomic E-state index is -4.34. The summed E-state index contributed by atoms with van der Waals surface area (Å²) in [6.07, 6.45) is -2.38. The summed E-state index contributed by atoms with van der Waals surface area (Å²) in [7, 11) is 0. The third kappa shape index (κ3) is 6.92. The lowest BCUT2D eigenvalue weighted by molar-refractivity contribution is -0.137. The SMILES string of the molecule is CCNC(=NCCNC(=O)C1CC1)N1CCN(c2cccc(C(F)(F)F)c2)CC1.I. The molecule has 1 aromatic carbocycles. The van der Waals surface area contributed by atoms with Gasteiger partial charge in [0.05, 0.1) is 12.1 Å². The maximum Gasteiger partial charge on any atom is 0.416 e. The number of nitrogens with zero attached hydrogens (tertiary/aromatic N) is 3. The van der Waals surface area contributed by atoms with Crippen molar-refractivity contribution in [2.45, 2.75) is 25.9 Å². The van der Waals surface area contributed by atoms with E-state index >= 15 is 0 Å². The minimum Gasteiger partial charge on any atom is -0.368 e. The molecule has 0 radical (unpaired) electrons. The van der Waals surface area contributed by atoms with E-state index in [1.807, 2.05) is 11.8 Å². The molecule has 1 saturated carbocycles. The number of hydrogen-bond donors (Lipinski definition) is 2. The highest BCUT2D eigenvalue weighted by atomic mass is 127. The zero-order chi connectivity index (χ0) is 20.9. The van der Waals surface area contributed by atoms with Crippen molar-refractivity contribution in [3.63, 3.8) is 0 Å². The zero-order valence-electron chi connectivity index (χ0n) is 17.0. The fourth-order valence-corrected chi connectivity index (χ4v) is 3.31. The van der Waals surface area contributed by atoms with Crippen LogP contribution in [0.15, 0.2) is 29.3 Å². The van der Waals surface area contributed by atoms with Crippen molar-refractivity contribution in [1.29, 1.82) is 0 Å². The second kappa shape index (κ2) is 11.1. The molecule has 1 saturated heterocycles. The average molecular weight is 539 g/mol. The van der Waals surface area contributed by atoms with Crippen LogP contribution in [-0.4, -0.2) is 62.6 Å². The van der Waals surface area contributed by atoms with E-state index in [9.17, 15) is 18.0 Å². The Labute approximate surface area is 192 Å². The number of amides is 1. The highest BCUT2D eigenvalue weighted by Crippen LogP contribution is 2.32. The number of halogens is 4. The van der Waals surface area contributed by atoms with E-state index in [4.69, 9.17) is 0 Å². The van der Waals surface area contributed by atoms with Crippen molar-refractivity contribution in [3.8, 4) is 0 Å². The molecule has 2 aliphatic rings. The third-order valence-corrected chi connectivity index (χ3v) is 5.07. The fourth-order valence-electron chi connectivity index (χ4n) is 3.31. The first-order valence-electron chi connectivity index (χ1n) is 10.1. The Hall–Kier alpha value is -1.72. The molecule has 2 N–H and O–H groups in total. The first-order valence-corrected chi connectivity index (χ1v) is 10.1. The highest BCUT2D eigenvalue weighted by molar-refractivity contribution is 14.0. The summed E-state index contributed by atoms with van der Waals surface area (Å²) in [5.41, 5.74) is -0.0372. The first kappa shape index (κ1) is 24.5. The van der Waals surface area contributed by atoms with Crippen LogP contribution in [0, 0.1) is 5.92 Å². The normalized spacial score (nSPS) is 17.4. The molecule has 1 aliphatic heterocycles. The molecule has 6 nitrogen and oxygen atoms in total. The van der Waals surface area contributed by atoms with Gasteiger partial charge in [-0.1, -0.05) is 6.07 Å². The molecule has 1 aliphatic carbocycles. The van der Waals surface area contributed by atoms with Gasteiger partial charge in [-0.3, -0.25) is 9.79 Å². The number of benzene rings is 1. The number of nitrogens with one attached hydrogen (secondary N) is 2. The molecule has 0 atom stereocenters. The van der Waals surface area contributed by atoms with Gasteiger partial charge in [0.1, 0.15) is 0 Å². The second-order valence-electron chi connectivity index (χ2n) is 7.32. The van der Waals surface area contributed by atoms with E-state index in [2.05, 4.69) is 20.5 Å². The molecule has 0 aromatic heterocycles. The lowest BCUT2D eigenvalue weighted by Gasteiger charge is -2.38. The third-order valence-electron chi connectivity index (χ3n) is 5.07. The van der Waals surface area contributed by atoms with E-state index in [0.717, 1.165) is 31.4 Å². The molecule has 2 fully saturated rings. The predicted molar refractivity (Wildman–Crippen MR) is 122 cm³/mol. The number of rotatable bonds is 6. The largest absolute Gasteiger partial charge is 0.416 e. The molecule has 0 bridgehead atoms. The van der Waals surface area contributed by atoms with Crippen LogP contribution < -0.4 is 15.5 Å². The molecule has 168 valence electrons. The van der Waals surface area contributed by atoms with Crippen molar-refractivity contribution in [2.75, 3.05) is 50.7 Å². The molecule has 1 heterocycles. The highest BCUT2D eigenvalue weighted by Gasteiger charge is 2.31.